The van der Waals surface area contributed by atoms with Gasteiger partial charge in [0.2, 0.25) is 0 Å². The first-order valence-corrected chi connectivity index (χ1v) is 13.6. The van der Waals surface area contributed by atoms with Crippen molar-refractivity contribution in [3.8, 4) is 0 Å². The zero-order valence-electron chi connectivity index (χ0n) is 20.5. The SMILES string of the molecule is CC1(OC(=O)C2C3OC4C(OC(=O)C42)C3OC(=O)CCC(=O)OCCC(F)(F)C(F)(F)S(=O)(=O)O)CCCC1. The standard InChI is InChI=1S/C22H26F4O12S/c1-20(6-2-3-7-20)38-19(30)13-12-14-17(37-18(12)29)16(15(13)36-14)35-11(28)5-4-10(27)34-9-8-21(23,24)22(25,26)39(31,32)33/h12-17H,2-9H2,1H3,(H,31,32,33). The molecule has 1 aliphatic carbocycles. The molecule has 2 bridgehead atoms. The molecule has 4 fully saturated rings. The molecule has 3 heterocycles. The topological polar surface area (TPSA) is 169 Å². The van der Waals surface area contributed by atoms with Gasteiger partial charge in [-0.3, -0.25) is 23.7 Å². The van der Waals surface area contributed by atoms with Crippen molar-refractivity contribution in [3.63, 3.8) is 0 Å². The van der Waals surface area contributed by atoms with Crippen molar-refractivity contribution in [1.82, 2.24) is 0 Å². The van der Waals surface area contributed by atoms with E-state index in [1.165, 1.54) is 0 Å². The van der Waals surface area contributed by atoms with Crippen molar-refractivity contribution in [2.45, 2.75) is 93.1 Å². The molecule has 0 radical (unpaired) electrons. The van der Waals surface area contributed by atoms with Gasteiger partial charge in [0, 0.05) is 0 Å². The van der Waals surface area contributed by atoms with E-state index >= 15 is 0 Å². The third-order valence-electron chi connectivity index (χ3n) is 7.41. The Morgan fingerprint density at radius 3 is 2.28 bits per heavy atom. The van der Waals surface area contributed by atoms with Crippen LogP contribution >= 0.6 is 0 Å². The lowest BCUT2D eigenvalue weighted by Gasteiger charge is -2.31. The van der Waals surface area contributed by atoms with E-state index in [-0.39, 0.29) is 0 Å². The first-order valence-electron chi connectivity index (χ1n) is 12.1. The number of ether oxygens (including phenoxy) is 5. The summed E-state index contributed by atoms with van der Waals surface area (Å²) in [7, 11) is -6.43. The molecule has 220 valence electrons. The Labute approximate surface area is 219 Å². The summed E-state index contributed by atoms with van der Waals surface area (Å²) in [6.45, 7) is 0.452. The molecule has 17 heteroatoms. The summed E-state index contributed by atoms with van der Waals surface area (Å²) in [5, 5.41) is -5.80. The maximum absolute atomic E-state index is 13.5. The molecule has 0 aromatic rings. The van der Waals surface area contributed by atoms with E-state index in [9.17, 15) is 45.2 Å². The Morgan fingerprint density at radius 1 is 1.05 bits per heavy atom. The van der Waals surface area contributed by atoms with Gasteiger partial charge in [0.1, 0.15) is 29.6 Å². The Balaban J connectivity index is 1.28. The van der Waals surface area contributed by atoms with Crippen LogP contribution in [-0.4, -0.2) is 84.6 Å². The lowest BCUT2D eigenvalue weighted by atomic mass is 9.78. The number of fused-ring (bicyclic) bond motifs is 1. The van der Waals surface area contributed by atoms with Crippen LogP contribution in [-0.2, 0) is 53.0 Å². The number of rotatable bonds is 11. The van der Waals surface area contributed by atoms with E-state index in [1.807, 2.05) is 0 Å². The summed E-state index contributed by atoms with van der Waals surface area (Å²) in [6, 6.07) is 0. The summed E-state index contributed by atoms with van der Waals surface area (Å²) in [6.07, 6.45) is -4.22. The zero-order valence-corrected chi connectivity index (χ0v) is 21.3. The smallest absolute Gasteiger partial charge is 0.431 e. The first kappa shape index (κ1) is 29.5. The van der Waals surface area contributed by atoms with Gasteiger partial charge in [0.15, 0.2) is 12.2 Å². The number of halogens is 4. The fourth-order valence-electron chi connectivity index (χ4n) is 5.39. The molecule has 0 spiro atoms. The van der Waals surface area contributed by atoms with Crippen molar-refractivity contribution in [3.05, 3.63) is 0 Å². The van der Waals surface area contributed by atoms with E-state index in [4.69, 9.17) is 23.5 Å². The molecule has 4 rings (SSSR count). The van der Waals surface area contributed by atoms with Gasteiger partial charge in [-0.15, -0.1) is 0 Å². The van der Waals surface area contributed by atoms with Crippen LogP contribution in [0.15, 0.2) is 0 Å². The number of hydrogen-bond acceptors (Lipinski definition) is 11. The Morgan fingerprint density at radius 2 is 1.67 bits per heavy atom. The van der Waals surface area contributed by atoms with E-state index in [0.717, 1.165) is 12.8 Å². The van der Waals surface area contributed by atoms with Gasteiger partial charge in [0.05, 0.1) is 25.9 Å². The normalized spacial score (nSPS) is 31.2. The molecule has 0 aromatic carbocycles. The predicted octanol–water partition coefficient (Wildman–Crippen LogP) is 1.54. The minimum Gasteiger partial charge on any atom is -0.465 e. The largest absolute Gasteiger partial charge is 0.465 e. The maximum atomic E-state index is 13.5. The molecule has 4 aliphatic rings. The third kappa shape index (κ3) is 5.44. The zero-order chi connectivity index (χ0) is 29.0. The Kier molecular flexibility index (Phi) is 7.66. The van der Waals surface area contributed by atoms with E-state index in [2.05, 4.69) is 4.74 Å². The second-order valence-electron chi connectivity index (χ2n) is 10.2. The van der Waals surface area contributed by atoms with Crippen LogP contribution in [0.4, 0.5) is 17.6 Å². The van der Waals surface area contributed by atoms with E-state index in [0.29, 0.717) is 12.8 Å². The highest BCUT2D eigenvalue weighted by molar-refractivity contribution is 7.87. The molecule has 0 amide bonds. The molecular formula is C22H26F4O12S. The van der Waals surface area contributed by atoms with Crippen molar-refractivity contribution in [1.29, 1.82) is 0 Å². The summed E-state index contributed by atoms with van der Waals surface area (Å²) in [4.78, 5) is 49.5. The Hall–Kier alpha value is -2.53. The summed E-state index contributed by atoms with van der Waals surface area (Å²) in [5.74, 6) is -10.9. The predicted molar refractivity (Wildman–Crippen MR) is 115 cm³/mol. The highest BCUT2D eigenvalue weighted by atomic mass is 32.2. The molecule has 12 nitrogen and oxygen atoms in total. The molecule has 1 N–H and O–H groups in total. The van der Waals surface area contributed by atoms with Crippen molar-refractivity contribution in [2.24, 2.45) is 11.8 Å². The average molecular weight is 590 g/mol. The van der Waals surface area contributed by atoms with Gasteiger partial charge in [0.25, 0.3) is 0 Å². The van der Waals surface area contributed by atoms with Gasteiger partial charge >= 0.3 is 45.2 Å². The number of alkyl halides is 4. The third-order valence-corrected chi connectivity index (χ3v) is 8.36. The molecule has 0 aromatic heterocycles. The van der Waals surface area contributed by atoms with Crippen molar-refractivity contribution in [2.75, 3.05) is 6.61 Å². The van der Waals surface area contributed by atoms with Crippen LogP contribution in [0.3, 0.4) is 0 Å². The van der Waals surface area contributed by atoms with E-state index < -0.39 is 113 Å². The molecule has 6 atom stereocenters. The highest BCUT2D eigenvalue weighted by Crippen LogP contribution is 2.52. The molecule has 39 heavy (non-hydrogen) atoms. The monoisotopic (exact) mass is 590 g/mol. The van der Waals surface area contributed by atoms with Crippen LogP contribution < -0.4 is 0 Å². The number of esters is 4. The number of carbonyl (C=O) groups is 4. The van der Waals surface area contributed by atoms with Gasteiger partial charge in [-0.1, -0.05) is 0 Å². The lowest BCUT2D eigenvalue weighted by Crippen LogP contribution is -2.49. The average Bonchev–Trinajstić information content (AvgIpc) is 3.54. The van der Waals surface area contributed by atoms with Crippen LogP contribution in [0.25, 0.3) is 0 Å². The minimum absolute atomic E-state index is 0.651. The van der Waals surface area contributed by atoms with Crippen LogP contribution in [0.2, 0.25) is 0 Å². The van der Waals surface area contributed by atoms with E-state index in [1.54, 1.807) is 6.92 Å². The summed E-state index contributed by atoms with van der Waals surface area (Å²) < 4.78 is 109. The van der Waals surface area contributed by atoms with Gasteiger partial charge < -0.3 is 23.7 Å². The Bertz CT molecular complexity index is 1140. The van der Waals surface area contributed by atoms with Crippen molar-refractivity contribution < 1.29 is 73.4 Å². The van der Waals surface area contributed by atoms with Gasteiger partial charge in [-0.25, -0.2) is 0 Å². The minimum atomic E-state index is -6.43. The second-order valence-corrected chi connectivity index (χ2v) is 11.7. The first-order chi connectivity index (χ1) is 18.0. The molecule has 1 saturated carbocycles. The lowest BCUT2D eigenvalue weighted by molar-refractivity contribution is -0.175. The molecule has 3 aliphatic heterocycles. The fraction of sp³-hybridized carbons (Fsp3) is 0.818. The van der Waals surface area contributed by atoms with Crippen LogP contribution in [0.1, 0.15) is 51.9 Å². The van der Waals surface area contributed by atoms with Crippen LogP contribution in [0, 0.1) is 11.8 Å². The number of hydrogen-bond donors (Lipinski definition) is 1. The van der Waals surface area contributed by atoms with Gasteiger partial charge in [-0.05, 0) is 32.6 Å². The fourth-order valence-corrected chi connectivity index (χ4v) is 5.87. The summed E-state index contributed by atoms with van der Waals surface area (Å²) in [5.41, 5.74) is -0.681. The van der Waals surface area contributed by atoms with Crippen LogP contribution in [0.5, 0.6) is 0 Å². The van der Waals surface area contributed by atoms with Gasteiger partial charge in [-0.2, -0.15) is 26.0 Å². The number of carbonyl (C=O) groups excluding carboxylic acids is 4. The van der Waals surface area contributed by atoms with Crippen molar-refractivity contribution >= 4 is 34.0 Å². The summed E-state index contributed by atoms with van der Waals surface area (Å²) >= 11 is 0. The molecule has 6 unspecified atom stereocenters. The quantitative estimate of drug-likeness (QED) is 0.160. The molecule has 3 saturated heterocycles. The highest BCUT2D eigenvalue weighted by Gasteiger charge is 2.72. The maximum Gasteiger partial charge on any atom is 0.431 e. The molecular weight excluding hydrogens is 564 g/mol. The second kappa shape index (κ2) is 10.1.